The topological polar surface area (TPSA) is 33.9 Å². The molecule has 3 heteroatoms. The number of ether oxygens (including phenoxy) is 1. The largest absolute Gasteiger partial charge is 0.385 e. The Morgan fingerprint density at radius 3 is 2.63 bits per heavy atom. The van der Waals surface area contributed by atoms with Gasteiger partial charge in [0.05, 0.1) is 18.8 Å². The molecule has 0 fully saturated rings. The Hall–Kier alpha value is -0.900. The monoisotopic (exact) mass is 264 g/mol. The molecule has 1 aliphatic rings. The molecule has 1 unspecified atom stereocenters. The molecule has 0 bridgehead atoms. The molecule has 2 rings (SSSR count). The van der Waals surface area contributed by atoms with Gasteiger partial charge < -0.3 is 14.7 Å². The summed E-state index contributed by atoms with van der Waals surface area (Å²) in [6.07, 6.45) is 0.734. The smallest absolute Gasteiger partial charge is 0.126 e. The molecule has 0 saturated heterocycles. The molecule has 2 atom stereocenters. The Morgan fingerprint density at radius 1 is 1.26 bits per heavy atom. The number of rotatable bonds is 4. The second-order valence-electron chi connectivity index (χ2n) is 6.48. The zero-order chi connectivity index (χ0) is 13.9. The molecule has 19 heavy (non-hydrogen) atoms. The summed E-state index contributed by atoms with van der Waals surface area (Å²) in [7, 11) is 0. The average molecular weight is 264 g/mol. The van der Waals surface area contributed by atoms with Crippen molar-refractivity contribution >= 4 is 0 Å². The summed E-state index contributed by atoms with van der Waals surface area (Å²) in [6.45, 7) is 9.36. The van der Waals surface area contributed by atoms with Crippen molar-refractivity contribution in [1.82, 2.24) is 0 Å². The van der Waals surface area contributed by atoms with Gasteiger partial charge in [0.2, 0.25) is 0 Å². The van der Waals surface area contributed by atoms with Crippen LogP contribution in [0.25, 0.3) is 0 Å². The molecule has 3 nitrogen and oxygen atoms in total. The van der Waals surface area contributed by atoms with Crippen molar-refractivity contribution in [1.29, 1.82) is 0 Å². The molecule has 106 valence electrons. The van der Waals surface area contributed by atoms with Crippen molar-refractivity contribution in [2.75, 3.05) is 19.7 Å². The SMILES string of the molecule is CC(C)(C)OC[C@H](O)C[NH+]1CCc2ccccc2C1. The third-order valence-corrected chi connectivity index (χ3v) is 3.54. The number of hydrogen-bond donors (Lipinski definition) is 2. The fourth-order valence-corrected chi connectivity index (χ4v) is 2.56. The first-order valence-electron chi connectivity index (χ1n) is 7.16. The van der Waals surface area contributed by atoms with E-state index < -0.39 is 0 Å². The molecule has 1 aromatic carbocycles. The second kappa shape index (κ2) is 6.04. The van der Waals surface area contributed by atoms with Gasteiger partial charge in [0, 0.05) is 12.0 Å². The number of fused-ring (bicyclic) bond motifs is 1. The van der Waals surface area contributed by atoms with E-state index in [1.165, 1.54) is 16.0 Å². The molecule has 2 N–H and O–H groups in total. The molecule has 0 radical (unpaired) electrons. The number of nitrogens with one attached hydrogen (secondary N) is 1. The lowest BCUT2D eigenvalue weighted by Gasteiger charge is -2.28. The normalized spacial score (nSPS) is 20.9. The van der Waals surface area contributed by atoms with E-state index in [1.54, 1.807) is 0 Å². The van der Waals surface area contributed by atoms with E-state index in [2.05, 4.69) is 24.3 Å². The molecule has 1 aromatic rings. The van der Waals surface area contributed by atoms with Crippen LogP contribution >= 0.6 is 0 Å². The van der Waals surface area contributed by atoms with Crippen LogP contribution in [0.4, 0.5) is 0 Å². The van der Waals surface area contributed by atoms with Gasteiger partial charge >= 0.3 is 0 Å². The Kier molecular flexibility index (Phi) is 4.61. The van der Waals surface area contributed by atoms with E-state index in [0.29, 0.717) is 6.61 Å². The minimum absolute atomic E-state index is 0.176. The number of hydrogen-bond acceptors (Lipinski definition) is 2. The van der Waals surface area contributed by atoms with Crippen LogP contribution in [0.3, 0.4) is 0 Å². The molecule has 1 aliphatic heterocycles. The molecule has 0 aliphatic carbocycles. The van der Waals surface area contributed by atoms with E-state index in [4.69, 9.17) is 4.74 Å². The van der Waals surface area contributed by atoms with Gasteiger partial charge in [-0.15, -0.1) is 0 Å². The maximum Gasteiger partial charge on any atom is 0.126 e. The fraction of sp³-hybridized carbons (Fsp3) is 0.625. The van der Waals surface area contributed by atoms with Gasteiger partial charge in [-0.3, -0.25) is 0 Å². The summed E-state index contributed by atoms with van der Waals surface area (Å²) in [4.78, 5) is 1.45. The third-order valence-electron chi connectivity index (χ3n) is 3.54. The highest BCUT2D eigenvalue weighted by molar-refractivity contribution is 5.27. The molecule has 0 amide bonds. The summed E-state index contributed by atoms with van der Waals surface area (Å²) >= 11 is 0. The number of aliphatic hydroxyl groups excluding tert-OH is 1. The molecule has 0 saturated carbocycles. The Bertz CT molecular complexity index is 411. The number of quaternary nitrogens is 1. The lowest BCUT2D eigenvalue weighted by atomic mass is 10.00. The maximum atomic E-state index is 10.1. The van der Waals surface area contributed by atoms with Crippen LogP contribution in [0.15, 0.2) is 24.3 Å². The van der Waals surface area contributed by atoms with Crippen molar-refractivity contribution in [3.05, 3.63) is 35.4 Å². The van der Waals surface area contributed by atoms with Gasteiger partial charge in [-0.1, -0.05) is 24.3 Å². The van der Waals surface area contributed by atoms with Crippen LogP contribution in [-0.2, 0) is 17.7 Å². The quantitative estimate of drug-likeness (QED) is 0.843. The predicted molar refractivity (Wildman–Crippen MR) is 76.3 cm³/mol. The number of benzene rings is 1. The van der Waals surface area contributed by atoms with Crippen LogP contribution in [-0.4, -0.2) is 36.5 Å². The Morgan fingerprint density at radius 2 is 1.95 bits per heavy atom. The first-order valence-corrected chi connectivity index (χ1v) is 7.16. The lowest BCUT2D eigenvalue weighted by Crippen LogP contribution is -3.13. The zero-order valence-electron chi connectivity index (χ0n) is 12.3. The zero-order valence-corrected chi connectivity index (χ0v) is 12.3. The summed E-state index contributed by atoms with van der Waals surface area (Å²) in [5.74, 6) is 0. The van der Waals surface area contributed by atoms with Crippen molar-refractivity contribution in [2.24, 2.45) is 0 Å². The minimum Gasteiger partial charge on any atom is -0.385 e. The van der Waals surface area contributed by atoms with Crippen LogP contribution in [0.1, 0.15) is 31.9 Å². The van der Waals surface area contributed by atoms with E-state index in [-0.39, 0.29) is 11.7 Å². The Labute approximate surface area is 116 Å². The first-order chi connectivity index (χ1) is 8.94. The summed E-state index contributed by atoms with van der Waals surface area (Å²) in [5.41, 5.74) is 2.71. The summed E-state index contributed by atoms with van der Waals surface area (Å²) < 4.78 is 5.64. The second-order valence-corrected chi connectivity index (χ2v) is 6.48. The number of aliphatic hydroxyl groups is 1. The van der Waals surface area contributed by atoms with E-state index in [9.17, 15) is 5.11 Å². The molecular formula is C16H26NO2+. The van der Waals surface area contributed by atoms with Crippen molar-refractivity contribution < 1.29 is 14.7 Å². The van der Waals surface area contributed by atoms with Crippen LogP contribution < -0.4 is 4.90 Å². The molecular weight excluding hydrogens is 238 g/mol. The first kappa shape index (κ1) is 14.5. The van der Waals surface area contributed by atoms with Gasteiger partial charge in [0.1, 0.15) is 19.2 Å². The van der Waals surface area contributed by atoms with E-state index >= 15 is 0 Å². The fourth-order valence-electron chi connectivity index (χ4n) is 2.56. The van der Waals surface area contributed by atoms with Gasteiger partial charge in [-0.25, -0.2) is 0 Å². The van der Waals surface area contributed by atoms with Gasteiger partial charge in [0.25, 0.3) is 0 Å². The predicted octanol–water partition coefficient (Wildman–Crippen LogP) is 0.804. The third kappa shape index (κ3) is 4.60. The van der Waals surface area contributed by atoms with E-state index in [1.807, 2.05) is 20.8 Å². The van der Waals surface area contributed by atoms with Crippen LogP contribution in [0, 0.1) is 0 Å². The van der Waals surface area contributed by atoms with Crippen molar-refractivity contribution in [3.8, 4) is 0 Å². The average Bonchev–Trinajstić information content (AvgIpc) is 2.35. The van der Waals surface area contributed by atoms with E-state index in [0.717, 1.165) is 26.1 Å². The highest BCUT2D eigenvalue weighted by Crippen LogP contribution is 2.10. The standard InChI is InChI=1S/C16H25NO2/c1-16(2,3)19-12-15(18)11-17-9-8-13-6-4-5-7-14(13)10-17/h4-7,15,18H,8-12H2,1-3H3/p+1/t15-/m1/s1. The van der Waals surface area contributed by atoms with Gasteiger partial charge in [-0.05, 0) is 26.3 Å². The van der Waals surface area contributed by atoms with Crippen LogP contribution in [0.5, 0.6) is 0 Å². The summed E-state index contributed by atoms with van der Waals surface area (Å²) in [5, 5.41) is 10.1. The lowest BCUT2D eigenvalue weighted by molar-refractivity contribution is -0.919. The Balaban J connectivity index is 1.82. The van der Waals surface area contributed by atoms with Crippen molar-refractivity contribution in [2.45, 2.75) is 45.4 Å². The summed E-state index contributed by atoms with van der Waals surface area (Å²) in [6, 6.07) is 8.62. The minimum atomic E-state index is -0.375. The molecule has 0 spiro atoms. The van der Waals surface area contributed by atoms with Gasteiger partial charge in [-0.2, -0.15) is 0 Å². The maximum absolute atomic E-state index is 10.1. The van der Waals surface area contributed by atoms with Gasteiger partial charge in [0.15, 0.2) is 0 Å². The van der Waals surface area contributed by atoms with Crippen LogP contribution in [0.2, 0.25) is 0 Å². The molecule has 0 aromatic heterocycles. The highest BCUT2D eigenvalue weighted by atomic mass is 16.5. The highest BCUT2D eigenvalue weighted by Gasteiger charge is 2.22. The van der Waals surface area contributed by atoms with Crippen molar-refractivity contribution in [3.63, 3.8) is 0 Å². The molecule has 1 heterocycles.